The van der Waals surface area contributed by atoms with Gasteiger partial charge in [0.15, 0.2) is 0 Å². The smallest absolute Gasteiger partial charge is 0.244 e. The van der Waals surface area contributed by atoms with Crippen LogP contribution >= 0.6 is 23.2 Å². The molecule has 2 aromatic carbocycles. The summed E-state index contributed by atoms with van der Waals surface area (Å²) in [6, 6.07) is 10.9. The maximum absolute atomic E-state index is 13.4. The van der Waals surface area contributed by atoms with Crippen molar-refractivity contribution in [2.45, 2.75) is 32.9 Å². The molecule has 2 rings (SSSR count). The summed E-state index contributed by atoms with van der Waals surface area (Å²) in [7, 11) is -2.28. The SMILES string of the molecule is CC[C@H](C(=O)NC)N(Cc1ccc(Cl)cc1Cl)C(=O)CN(c1ccc(C)cc1)S(C)(=O)=O. The second-order valence-electron chi connectivity index (χ2n) is 7.40. The molecule has 1 N–H and O–H groups in total. The fourth-order valence-corrected chi connectivity index (χ4v) is 4.56. The topological polar surface area (TPSA) is 86.8 Å². The van der Waals surface area contributed by atoms with Crippen molar-refractivity contribution in [2.75, 3.05) is 24.2 Å². The van der Waals surface area contributed by atoms with Crippen LogP contribution < -0.4 is 9.62 Å². The normalized spacial score (nSPS) is 12.2. The Hall–Kier alpha value is -2.29. The van der Waals surface area contributed by atoms with Gasteiger partial charge in [-0.15, -0.1) is 0 Å². The molecule has 0 bridgehead atoms. The van der Waals surface area contributed by atoms with Gasteiger partial charge in [-0.3, -0.25) is 13.9 Å². The molecule has 0 saturated carbocycles. The van der Waals surface area contributed by atoms with E-state index in [-0.39, 0.29) is 12.5 Å². The standard InChI is InChI=1S/C22H27Cl2N3O4S/c1-5-20(22(29)25-3)26(13-16-8-9-17(23)12-19(16)24)21(28)14-27(32(4,30)31)18-10-6-15(2)7-11-18/h6-12,20H,5,13-14H2,1-4H3,(H,25,29)/t20-/m1/s1. The van der Waals surface area contributed by atoms with Crippen LogP contribution in [0.25, 0.3) is 0 Å². The van der Waals surface area contributed by atoms with Crippen molar-refractivity contribution in [1.29, 1.82) is 0 Å². The summed E-state index contributed by atoms with van der Waals surface area (Å²) in [5.74, 6) is -0.885. The lowest BCUT2D eigenvalue weighted by Crippen LogP contribution is -2.51. The molecule has 174 valence electrons. The molecule has 0 aromatic heterocycles. The summed E-state index contributed by atoms with van der Waals surface area (Å²) in [6.07, 6.45) is 1.37. The molecule has 2 aromatic rings. The van der Waals surface area contributed by atoms with Crippen molar-refractivity contribution >= 4 is 50.7 Å². The van der Waals surface area contributed by atoms with Gasteiger partial charge < -0.3 is 10.2 Å². The van der Waals surface area contributed by atoms with Gasteiger partial charge in [0.05, 0.1) is 11.9 Å². The number of nitrogens with one attached hydrogen (secondary N) is 1. The highest BCUT2D eigenvalue weighted by atomic mass is 35.5. The van der Waals surface area contributed by atoms with Crippen LogP contribution in [0.1, 0.15) is 24.5 Å². The summed E-state index contributed by atoms with van der Waals surface area (Å²) in [5.41, 5.74) is 1.91. The zero-order chi connectivity index (χ0) is 24.1. The number of benzene rings is 2. The molecule has 32 heavy (non-hydrogen) atoms. The van der Waals surface area contributed by atoms with E-state index < -0.39 is 28.5 Å². The predicted octanol–water partition coefficient (Wildman–Crippen LogP) is 3.62. The van der Waals surface area contributed by atoms with Crippen molar-refractivity contribution in [2.24, 2.45) is 0 Å². The van der Waals surface area contributed by atoms with Crippen molar-refractivity contribution in [1.82, 2.24) is 10.2 Å². The molecule has 1 atom stereocenters. The third-order valence-electron chi connectivity index (χ3n) is 4.99. The Morgan fingerprint density at radius 1 is 1.09 bits per heavy atom. The number of rotatable bonds is 9. The molecule has 0 saturated heterocycles. The Morgan fingerprint density at radius 3 is 2.22 bits per heavy atom. The largest absolute Gasteiger partial charge is 0.357 e. The Kier molecular flexibility index (Phi) is 8.95. The van der Waals surface area contributed by atoms with Crippen LogP contribution in [0.5, 0.6) is 0 Å². The van der Waals surface area contributed by atoms with E-state index in [1.54, 1.807) is 49.4 Å². The number of sulfonamides is 1. The Morgan fingerprint density at radius 2 is 1.72 bits per heavy atom. The van der Waals surface area contributed by atoms with E-state index >= 15 is 0 Å². The zero-order valence-corrected chi connectivity index (χ0v) is 20.8. The molecule has 7 nitrogen and oxygen atoms in total. The first kappa shape index (κ1) is 26.0. The lowest BCUT2D eigenvalue weighted by atomic mass is 10.1. The lowest BCUT2D eigenvalue weighted by Gasteiger charge is -2.32. The third kappa shape index (κ3) is 6.60. The monoisotopic (exact) mass is 499 g/mol. The van der Waals surface area contributed by atoms with Crippen LogP contribution in [0, 0.1) is 6.92 Å². The molecular weight excluding hydrogens is 473 g/mol. The van der Waals surface area contributed by atoms with E-state index in [9.17, 15) is 18.0 Å². The van der Waals surface area contributed by atoms with Crippen molar-refractivity contribution in [3.63, 3.8) is 0 Å². The van der Waals surface area contributed by atoms with Crippen molar-refractivity contribution in [3.05, 3.63) is 63.6 Å². The van der Waals surface area contributed by atoms with Gasteiger partial charge in [-0.05, 0) is 43.2 Å². The fourth-order valence-electron chi connectivity index (χ4n) is 3.24. The first-order valence-electron chi connectivity index (χ1n) is 9.97. The summed E-state index contributed by atoms with van der Waals surface area (Å²) in [4.78, 5) is 27.3. The summed E-state index contributed by atoms with van der Waals surface area (Å²) < 4.78 is 26.0. The van der Waals surface area contributed by atoms with E-state index in [1.165, 1.54) is 11.9 Å². The van der Waals surface area contributed by atoms with Gasteiger partial charge in [0.2, 0.25) is 21.8 Å². The van der Waals surface area contributed by atoms with E-state index in [4.69, 9.17) is 23.2 Å². The zero-order valence-electron chi connectivity index (χ0n) is 18.4. The van der Waals surface area contributed by atoms with Crippen LogP contribution in [-0.2, 0) is 26.2 Å². The first-order chi connectivity index (χ1) is 15.0. The molecule has 0 heterocycles. The van der Waals surface area contributed by atoms with Crippen LogP contribution in [0.3, 0.4) is 0 Å². The average molecular weight is 500 g/mol. The molecule has 10 heteroatoms. The summed E-state index contributed by atoms with van der Waals surface area (Å²) in [6.45, 7) is 3.22. The number of halogens is 2. The molecule has 0 fully saturated rings. The Bertz CT molecular complexity index is 1080. The van der Waals surface area contributed by atoms with Gasteiger partial charge in [0.1, 0.15) is 12.6 Å². The Balaban J connectivity index is 2.44. The van der Waals surface area contributed by atoms with Crippen LogP contribution in [0.4, 0.5) is 5.69 Å². The van der Waals surface area contributed by atoms with Gasteiger partial charge >= 0.3 is 0 Å². The number of carbonyl (C=O) groups excluding carboxylic acids is 2. The highest BCUT2D eigenvalue weighted by Gasteiger charge is 2.31. The quantitative estimate of drug-likeness (QED) is 0.570. The molecule has 0 aliphatic rings. The lowest BCUT2D eigenvalue weighted by molar-refractivity contribution is -0.140. The predicted molar refractivity (Wildman–Crippen MR) is 129 cm³/mol. The van der Waals surface area contributed by atoms with Gasteiger partial charge in [0, 0.05) is 23.6 Å². The highest BCUT2D eigenvalue weighted by molar-refractivity contribution is 7.92. The number of likely N-dealkylation sites (N-methyl/N-ethyl adjacent to an activating group) is 1. The maximum atomic E-state index is 13.4. The second kappa shape index (κ2) is 11.0. The fraction of sp³-hybridized carbons (Fsp3) is 0.364. The number of nitrogens with zero attached hydrogens (tertiary/aromatic N) is 2. The molecule has 2 amide bonds. The minimum Gasteiger partial charge on any atom is -0.357 e. The van der Waals surface area contributed by atoms with Gasteiger partial charge in [-0.2, -0.15) is 0 Å². The maximum Gasteiger partial charge on any atom is 0.244 e. The van der Waals surface area contributed by atoms with Crippen LogP contribution in [0.2, 0.25) is 10.0 Å². The number of hydrogen-bond acceptors (Lipinski definition) is 4. The van der Waals surface area contributed by atoms with Gasteiger partial charge in [-0.25, -0.2) is 8.42 Å². The molecule has 0 aliphatic heterocycles. The van der Waals surface area contributed by atoms with Gasteiger partial charge in [-0.1, -0.05) is 53.9 Å². The molecule has 0 unspecified atom stereocenters. The van der Waals surface area contributed by atoms with E-state index in [0.717, 1.165) is 16.1 Å². The average Bonchev–Trinajstić information content (AvgIpc) is 2.73. The van der Waals surface area contributed by atoms with E-state index in [1.807, 2.05) is 6.92 Å². The van der Waals surface area contributed by atoms with E-state index in [0.29, 0.717) is 27.7 Å². The minimum absolute atomic E-state index is 0.0201. The van der Waals surface area contributed by atoms with Crippen molar-refractivity contribution < 1.29 is 18.0 Å². The second-order valence-corrected chi connectivity index (χ2v) is 10.2. The Labute approximate surface area is 199 Å². The number of carbonyl (C=O) groups is 2. The summed E-state index contributed by atoms with van der Waals surface area (Å²) in [5, 5.41) is 3.35. The van der Waals surface area contributed by atoms with Crippen molar-refractivity contribution in [3.8, 4) is 0 Å². The highest BCUT2D eigenvalue weighted by Crippen LogP contribution is 2.25. The first-order valence-corrected chi connectivity index (χ1v) is 12.6. The minimum atomic E-state index is -3.76. The van der Waals surface area contributed by atoms with Gasteiger partial charge in [0.25, 0.3) is 0 Å². The molecule has 0 aliphatic carbocycles. The number of amides is 2. The van der Waals surface area contributed by atoms with Crippen LogP contribution in [-0.4, -0.2) is 51.0 Å². The van der Waals surface area contributed by atoms with E-state index in [2.05, 4.69) is 5.32 Å². The molecule has 0 radical (unpaired) electrons. The number of aryl methyl sites for hydroxylation is 1. The third-order valence-corrected chi connectivity index (χ3v) is 6.72. The number of anilines is 1. The molecular formula is C22H27Cl2N3O4S. The summed E-state index contributed by atoms with van der Waals surface area (Å²) >= 11 is 12.3. The number of hydrogen-bond donors (Lipinski definition) is 1. The van der Waals surface area contributed by atoms with Crippen LogP contribution in [0.15, 0.2) is 42.5 Å². The molecule has 0 spiro atoms.